The number of rotatable bonds is 8. The van der Waals surface area contributed by atoms with Gasteiger partial charge < -0.3 is 10.2 Å². The summed E-state index contributed by atoms with van der Waals surface area (Å²) < 4.78 is 0. The van der Waals surface area contributed by atoms with Crippen LogP contribution in [0, 0.1) is 5.92 Å². The van der Waals surface area contributed by atoms with Crippen LogP contribution < -0.4 is 5.32 Å². The zero-order chi connectivity index (χ0) is 20.5. The van der Waals surface area contributed by atoms with E-state index in [0.717, 1.165) is 69.1 Å². The Balaban J connectivity index is 1.41. The van der Waals surface area contributed by atoms with Crippen LogP contribution >= 0.6 is 11.8 Å². The summed E-state index contributed by atoms with van der Waals surface area (Å²) in [5.41, 5.74) is 0.892. The molecule has 0 spiro atoms. The van der Waals surface area contributed by atoms with Crippen molar-refractivity contribution in [1.29, 1.82) is 0 Å². The van der Waals surface area contributed by atoms with E-state index in [2.05, 4.69) is 22.1 Å². The molecular formula is C22H34N4O2S. The van der Waals surface area contributed by atoms with Gasteiger partial charge in [0, 0.05) is 44.0 Å². The third-order valence-electron chi connectivity index (χ3n) is 5.99. The zero-order valence-electron chi connectivity index (χ0n) is 17.5. The number of hydrogen-bond donors (Lipinski definition) is 1. The van der Waals surface area contributed by atoms with Crippen LogP contribution in [0.25, 0.3) is 0 Å². The van der Waals surface area contributed by atoms with Crippen LogP contribution in [0.15, 0.2) is 24.4 Å². The summed E-state index contributed by atoms with van der Waals surface area (Å²) in [7, 11) is 0. The number of aromatic nitrogens is 1. The van der Waals surface area contributed by atoms with Crippen molar-refractivity contribution in [2.24, 2.45) is 5.92 Å². The highest BCUT2D eigenvalue weighted by Crippen LogP contribution is 2.24. The number of carbonyl (C=O) groups is 2. The Bertz CT molecular complexity index is 649. The van der Waals surface area contributed by atoms with Crippen LogP contribution in [0.5, 0.6) is 0 Å². The maximum atomic E-state index is 12.6. The van der Waals surface area contributed by atoms with Gasteiger partial charge in [0.15, 0.2) is 0 Å². The second kappa shape index (κ2) is 11.6. The highest BCUT2D eigenvalue weighted by Gasteiger charge is 2.32. The van der Waals surface area contributed by atoms with Crippen LogP contribution in [-0.2, 0) is 16.1 Å². The van der Waals surface area contributed by atoms with Crippen LogP contribution in [0.1, 0.15) is 44.7 Å². The first kappa shape index (κ1) is 22.1. The number of pyridine rings is 1. The van der Waals surface area contributed by atoms with Gasteiger partial charge in [0.05, 0.1) is 18.2 Å². The molecule has 1 aromatic rings. The Hall–Kier alpha value is -1.60. The highest BCUT2D eigenvalue weighted by atomic mass is 32.2. The van der Waals surface area contributed by atoms with Gasteiger partial charge in [-0.25, -0.2) is 0 Å². The minimum atomic E-state index is 0.0539. The number of piperidine rings is 2. The molecule has 29 heavy (non-hydrogen) atoms. The van der Waals surface area contributed by atoms with Gasteiger partial charge in [-0.05, 0) is 50.1 Å². The molecule has 0 bridgehead atoms. The molecule has 1 N–H and O–H groups in total. The summed E-state index contributed by atoms with van der Waals surface area (Å²) in [4.78, 5) is 33.8. The Kier molecular flexibility index (Phi) is 8.80. The minimum absolute atomic E-state index is 0.0539. The molecule has 2 aliphatic heterocycles. The molecule has 1 atom stereocenters. The molecule has 0 aliphatic carbocycles. The van der Waals surface area contributed by atoms with Crippen LogP contribution in [0.3, 0.4) is 0 Å². The summed E-state index contributed by atoms with van der Waals surface area (Å²) in [5, 5.41) is 3.06. The maximum Gasteiger partial charge on any atom is 0.224 e. The molecule has 0 saturated carbocycles. The summed E-state index contributed by atoms with van der Waals surface area (Å²) in [6.07, 6.45) is 6.48. The molecule has 2 saturated heterocycles. The Morgan fingerprint density at radius 1 is 1.21 bits per heavy atom. The van der Waals surface area contributed by atoms with Crippen molar-refractivity contribution >= 4 is 23.6 Å². The van der Waals surface area contributed by atoms with E-state index in [1.54, 1.807) is 6.20 Å². The second-order valence-electron chi connectivity index (χ2n) is 7.93. The molecular weight excluding hydrogens is 384 g/mol. The van der Waals surface area contributed by atoms with E-state index in [9.17, 15) is 9.59 Å². The van der Waals surface area contributed by atoms with E-state index >= 15 is 0 Å². The summed E-state index contributed by atoms with van der Waals surface area (Å²) in [5.74, 6) is 2.49. The van der Waals surface area contributed by atoms with Crippen molar-refractivity contribution in [2.75, 3.05) is 37.7 Å². The Morgan fingerprint density at radius 3 is 2.76 bits per heavy atom. The van der Waals surface area contributed by atoms with E-state index in [4.69, 9.17) is 0 Å². The third kappa shape index (κ3) is 6.71. The monoisotopic (exact) mass is 418 g/mol. The van der Waals surface area contributed by atoms with Crippen molar-refractivity contribution in [1.82, 2.24) is 20.1 Å². The van der Waals surface area contributed by atoms with Crippen LogP contribution in [-0.4, -0.2) is 70.3 Å². The number of nitrogens with zero attached hydrogens (tertiary/aromatic N) is 3. The number of carbonyl (C=O) groups excluding carboxylic acids is 2. The number of likely N-dealkylation sites (tertiary alicyclic amines) is 2. The van der Waals surface area contributed by atoms with Crippen molar-refractivity contribution < 1.29 is 9.59 Å². The summed E-state index contributed by atoms with van der Waals surface area (Å²) in [6, 6.07) is 6.25. The van der Waals surface area contributed by atoms with Crippen molar-refractivity contribution in [3.8, 4) is 0 Å². The SMILES string of the molecule is CCSCCC(=O)N1CCC(N2CCC[C@@H](C(=O)NCc3ccccn3)C2)CC1. The van der Waals surface area contributed by atoms with Gasteiger partial charge in [-0.3, -0.25) is 19.5 Å². The minimum Gasteiger partial charge on any atom is -0.350 e. The average molecular weight is 419 g/mol. The molecule has 7 heteroatoms. The fourth-order valence-corrected chi connectivity index (χ4v) is 4.93. The highest BCUT2D eigenvalue weighted by molar-refractivity contribution is 7.99. The molecule has 0 aromatic carbocycles. The van der Waals surface area contributed by atoms with Gasteiger partial charge in [0.25, 0.3) is 0 Å². The number of thioether (sulfide) groups is 1. The Labute approximate surface area is 178 Å². The van der Waals surface area contributed by atoms with E-state index in [-0.39, 0.29) is 11.8 Å². The third-order valence-corrected chi connectivity index (χ3v) is 6.89. The van der Waals surface area contributed by atoms with Gasteiger partial charge in [-0.2, -0.15) is 11.8 Å². The predicted molar refractivity (Wildman–Crippen MR) is 118 cm³/mol. The lowest BCUT2D eigenvalue weighted by molar-refractivity contribution is -0.132. The molecule has 0 radical (unpaired) electrons. The number of hydrogen-bond acceptors (Lipinski definition) is 5. The molecule has 3 heterocycles. The largest absolute Gasteiger partial charge is 0.350 e. The first-order valence-corrected chi connectivity index (χ1v) is 12.1. The van der Waals surface area contributed by atoms with Crippen LogP contribution in [0.4, 0.5) is 0 Å². The summed E-state index contributed by atoms with van der Waals surface area (Å²) >= 11 is 1.83. The lowest BCUT2D eigenvalue weighted by Crippen LogP contribution is -2.51. The van der Waals surface area contributed by atoms with Gasteiger partial charge in [0.2, 0.25) is 11.8 Å². The van der Waals surface area contributed by atoms with Gasteiger partial charge in [-0.15, -0.1) is 0 Å². The first-order chi connectivity index (χ1) is 14.2. The summed E-state index contributed by atoms with van der Waals surface area (Å²) in [6.45, 7) is 6.23. The predicted octanol–water partition coefficient (Wildman–Crippen LogP) is 2.54. The topological polar surface area (TPSA) is 65.5 Å². The molecule has 2 aliphatic rings. The Morgan fingerprint density at radius 2 is 2.03 bits per heavy atom. The van der Waals surface area contributed by atoms with Crippen molar-refractivity contribution in [3.63, 3.8) is 0 Å². The molecule has 2 amide bonds. The van der Waals surface area contributed by atoms with Gasteiger partial charge >= 0.3 is 0 Å². The lowest BCUT2D eigenvalue weighted by atomic mass is 9.93. The van der Waals surface area contributed by atoms with Gasteiger partial charge in [-0.1, -0.05) is 13.0 Å². The standard InChI is InChI=1S/C22H34N4O2S/c1-2-29-15-10-21(27)25-13-8-20(9-14-25)26-12-5-6-18(17-26)22(28)24-16-19-7-3-4-11-23-19/h3-4,7,11,18,20H,2,5-6,8-10,12-17H2,1H3,(H,24,28)/t18-/m1/s1. The smallest absolute Gasteiger partial charge is 0.224 e. The van der Waals surface area contributed by atoms with E-state index in [0.29, 0.717) is 24.9 Å². The zero-order valence-corrected chi connectivity index (χ0v) is 18.3. The fourth-order valence-electron chi connectivity index (χ4n) is 4.32. The molecule has 1 aromatic heterocycles. The second-order valence-corrected chi connectivity index (χ2v) is 9.33. The number of amides is 2. The van der Waals surface area contributed by atoms with E-state index in [1.165, 1.54) is 0 Å². The normalized spacial score (nSPS) is 21.1. The fraction of sp³-hybridized carbons (Fsp3) is 0.682. The van der Waals surface area contributed by atoms with Crippen molar-refractivity contribution in [3.05, 3.63) is 30.1 Å². The van der Waals surface area contributed by atoms with Gasteiger partial charge in [0.1, 0.15) is 0 Å². The first-order valence-electron chi connectivity index (χ1n) is 10.9. The van der Waals surface area contributed by atoms with E-state index in [1.807, 2.05) is 34.9 Å². The molecule has 6 nitrogen and oxygen atoms in total. The molecule has 0 unspecified atom stereocenters. The molecule has 160 valence electrons. The van der Waals surface area contributed by atoms with Crippen LogP contribution in [0.2, 0.25) is 0 Å². The lowest BCUT2D eigenvalue weighted by Gasteiger charge is -2.42. The number of nitrogens with one attached hydrogen (secondary N) is 1. The molecule has 3 rings (SSSR count). The quantitative estimate of drug-likeness (QED) is 0.657. The van der Waals surface area contributed by atoms with E-state index < -0.39 is 0 Å². The average Bonchev–Trinajstić information content (AvgIpc) is 2.78. The maximum absolute atomic E-state index is 12.6. The molecule has 2 fully saturated rings. The van der Waals surface area contributed by atoms with Crippen molar-refractivity contribution in [2.45, 2.75) is 51.6 Å².